The Morgan fingerprint density at radius 2 is 1.71 bits per heavy atom. The summed E-state index contributed by atoms with van der Waals surface area (Å²) in [6.07, 6.45) is 0.678. The van der Waals surface area contributed by atoms with E-state index >= 15 is 0 Å². The first-order valence-corrected chi connectivity index (χ1v) is 9.69. The number of nitrogens with one attached hydrogen (secondary N) is 1. The van der Waals surface area contributed by atoms with E-state index in [1.54, 1.807) is 6.07 Å². The number of hydrogen-bond acceptors (Lipinski definition) is 3. The quantitative estimate of drug-likeness (QED) is 0.839. The van der Waals surface area contributed by atoms with Crippen molar-refractivity contribution in [1.29, 1.82) is 0 Å². The van der Waals surface area contributed by atoms with Gasteiger partial charge in [-0.3, -0.25) is 4.79 Å². The lowest BCUT2D eigenvalue weighted by atomic mass is 10.1. The van der Waals surface area contributed by atoms with E-state index in [1.807, 2.05) is 55.5 Å². The third-order valence-corrected chi connectivity index (χ3v) is 5.94. The summed E-state index contributed by atoms with van der Waals surface area (Å²) in [4.78, 5) is 12.1. The van der Waals surface area contributed by atoms with Crippen LogP contribution in [0.15, 0.2) is 54.6 Å². The monoisotopic (exact) mass is 345 g/mol. The molecule has 0 radical (unpaired) electrons. The number of sulfone groups is 1. The zero-order valence-corrected chi connectivity index (χ0v) is 14.8. The standard InChI is InChI=1S/C19H23NO3S/c1-15-7-6-10-18(13-15)14-24(22,23)16(2)19(21)20-12-11-17-8-4-3-5-9-17/h3-10,13,16H,11-12,14H2,1-2H3,(H,20,21). The molecule has 0 aromatic heterocycles. The highest BCUT2D eigenvalue weighted by atomic mass is 32.2. The summed E-state index contributed by atoms with van der Waals surface area (Å²) < 4.78 is 24.8. The van der Waals surface area contributed by atoms with Crippen LogP contribution in [0.1, 0.15) is 23.6 Å². The Morgan fingerprint density at radius 1 is 1.04 bits per heavy atom. The number of rotatable bonds is 7. The maximum absolute atomic E-state index is 12.4. The van der Waals surface area contributed by atoms with Gasteiger partial charge in [0, 0.05) is 6.54 Å². The predicted octanol–water partition coefficient (Wildman–Crippen LogP) is 2.66. The third-order valence-electron chi connectivity index (χ3n) is 3.91. The summed E-state index contributed by atoms with van der Waals surface area (Å²) in [5.74, 6) is -0.569. The minimum atomic E-state index is -3.54. The second kappa shape index (κ2) is 8.11. The number of aryl methyl sites for hydroxylation is 1. The van der Waals surface area contributed by atoms with Gasteiger partial charge >= 0.3 is 0 Å². The molecule has 1 unspecified atom stereocenters. The Bertz CT molecular complexity index is 785. The van der Waals surface area contributed by atoms with Crippen LogP contribution in [0.5, 0.6) is 0 Å². The highest BCUT2D eigenvalue weighted by Crippen LogP contribution is 2.13. The maximum Gasteiger partial charge on any atom is 0.238 e. The summed E-state index contributed by atoms with van der Waals surface area (Å²) >= 11 is 0. The molecule has 0 aliphatic rings. The third kappa shape index (κ3) is 5.20. The van der Waals surface area contributed by atoms with E-state index in [9.17, 15) is 13.2 Å². The summed E-state index contributed by atoms with van der Waals surface area (Å²) in [6.45, 7) is 3.78. The van der Waals surface area contributed by atoms with Crippen molar-refractivity contribution in [2.75, 3.05) is 6.54 Å². The molecule has 4 nitrogen and oxygen atoms in total. The Morgan fingerprint density at radius 3 is 2.38 bits per heavy atom. The van der Waals surface area contributed by atoms with Crippen LogP contribution >= 0.6 is 0 Å². The molecule has 0 heterocycles. The fourth-order valence-corrected chi connectivity index (χ4v) is 3.74. The summed E-state index contributed by atoms with van der Waals surface area (Å²) in [5.41, 5.74) is 2.81. The molecular weight excluding hydrogens is 322 g/mol. The van der Waals surface area contributed by atoms with Crippen LogP contribution in [0.3, 0.4) is 0 Å². The molecule has 0 bridgehead atoms. The first kappa shape index (κ1) is 18.2. The van der Waals surface area contributed by atoms with Crippen LogP contribution in [0.2, 0.25) is 0 Å². The van der Waals surface area contributed by atoms with Gasteiger partial charge in [0.05, 0.1) is 5.75 Å². The zero-order chi connectivity index (χ0) is 17.6. The van der Waals surface area contributed by atoms with Crippen molar-refractivity contribution in [3.63, 3.8) is 0 Å². The Hall–Kier alpha value is -2.14. The molecule has 2 aromatic rings. The number of hydrogen-bond donors (Lipinski definition) is 1. The molecule has 0 aliphatic heterocycles. The molecule has 24 heavy (non-hydrogen) atoms. The van der Waals surface area contributed by atoms with Crippen molar-refractivity contribution in [1.82, 2.24) is 5.32 Å². The van der Waals surface area contributed by atoms with Gasteiger partial charge in [-0.1, -0.05) is 60.2 Å². The molecule has 2 aromatic carbocycles. The molecule has 1 N–H and O–H groups in total. The topological polar surface area (TPSA) is 63.2 Å². The van der Waals surface area contributed by atoms with Gasteiger partial charge in [0.15, 0.2) is 9.84 Å². The average Bonchev–Trinajstić information content (AvgIpc) is 2.54. The highest BCUT2D eigenvalue weighted by Gasteiger charge is 2.27. The van der Waals surface area contributed by atoms with Gasteiger partial charge in [-0.2, -0.15) is 0 Å². The van der Waals surface area contributed by atoms with Crippen molar-refractivity contribution < 1.29 is 13.2 Å². The van der Waals surface area contributed by atoms with Crippen LogP contribution in [0.4, 0.5) is 0 Å². The zero-order valence-electron chi connectivity index (χ0n) is 14.0. The summed E-state index contributed by atoms with van der Waals surface area (Å²) in [7, 11) is -3.54. The van der Waals surface area contributed by atoms with Gasteiger partial charge in [0.2, 0.25) is 5.91 Å². The van der Waals surface area contributed by atoms with Gasteiger partial charge in [-0.05, 0) is 31.4 Å². The van der Waals surface area contributed by atoms with E-state index in [0.29, 0.717) is 18.5 Å². The molecule has 1 amide bonds. The number of amides is 1. The highest BCUT2D eigenvalue weighted by molar-refractivity contribution is 7.92. The number of carbonyl (C=O) groups excluding carboxylic acids is 1. The van der Waals surface area contributed by atoms with Crippen molar-refractivity contribution in [2.45, 2.75) is 31.3 Å². The molecule has 2 rings (SSSR count). The van der Waals surface area contributed by atoms with Crippen LogP contribution < -0.4 is 5.32 Å². The molecule has 5 heteroatoms. The minimum absolute atomic E-state index is 0.123. The Balaban J connectivity index is 1.91. The molecule has 128 valence electrons. The summed E-state index contributed by atoms with van der Waals surface area (Å²) in [6, 6.07) is 17.1. The SMILES string of the molecule is Cc1cccc(CS(=O)(=O)C(C)C(=O)NCCc2ccccc2)c1. The average molecular weight is 345 g/mol. The lowest BCUT2D eigenvalue weighted by Gasteiger charge is -2.13. The minimum Gasteiger partial charge on any atom is -0.355 e. The van der Waals surface area contributed by atoms with E-state index in [4.69, 9.17) is 0 Å². The molecule has 0 saturated heterocycles. The van der Waals surface area contributed by atoms with E-state index in [1.165, 1.54) is 6.92 Å². The van der Waals surface area contributed by atoms with E-state index < -0.39 is 21.0 Å². The first-order chi connectivity index (χ1) is 11.4. The van der Waals surface area contributed by atoms with Crippen LogP contribution in [0, 0.1) is 6.92 Å². The second-order valence-corrected chi connectivity index (χ2v) is 8.29. The molecule has 1 atom stereocenters. The van der Waals surface area contributed by atoms with Crippen molar-refractivity contribution in [3.8, 4) is 0 Å². The van der Waals surface area contributed by atoms with Gasteiger partial charge in [0.25, 0.3) is 0 Å². The fourth-order valence-electron chi connectivity index (χ4n) is 2.44. The van der Waals surface area contributed by atoms with E-state index in [2.05, 4.69) is 5.32 Å². The van der Waals surface area contributed by atoms with Crippen molar-refractivity contribution in [3.05, 3.63) is 71.3 Å². The van der Waals surface area contributed by atoms with E-state index in [0.717, 1.165) is 11.1 Å². The Labute approximate surface area is 143 Å². The molecule has 0 spiro atoms. The van der Waals surface area contributed by atoms with Gasteiger partial charge in [-0.15, -0.1) is 0 Å². The second-order valence-electron chi connectivity index (χ2n) is 5.97. The van der Waals surface area contributed by atoms with Crippen LogP contribution in [0.25, 0.3) is 0 Å². The Kier molecular flexibility index (Phi) is 6.15. The predicted molar refractivity (Wildman–Crippen MR) is 96.4 cm³/mol. The van der Waals surface area contributed by atoms with Gasteiger partial charge < -0.3 is 5.32 Å². The van der Waals surface area contributed by atoms with Gasteiger partial charge in [-0.25, -0.2) is 8.42 Å². The lowest BCUT2D eigenvalue weighted by molar-refractivity contribution is -0.120. The molecule has 0 saturated carbocycles. The lowest BCUT2D eigenvalue weighted by Crippen LogP contribution is -2.39. The fraction of sp³-hybridized carbons (Fsp3) is 0.316. The van der Waals surface area contributed by atoms with Crippen LogP contribution in [-0.2, 0) is 26.8 Å². The van der Waals surface area contributed by atoms with Crippen molar-refractivity contribution in [2.24, 2.45) is 0 Å². The largest absolute Gasteiger partial charge is 0.355 e. The van der Waals surface area contributed by atoms with Crippen LogP contribution in [-0.4, -0.2) is 26.1 Å². The number of carbonyl (C=O) groups is 1. The first-order valence-electron chi connectivity index (χ1n) is 7.97. The normalized spacial score (nSPS) is 12.6. The number of benzene rings is 2. The maximum atomic E-state index is 12.4. The molecule has 0 fully saturated rings. The van der Waals surface area contributed by atoms with Crippen molar-refractivity contribution >= 4 is 15.7 Å². The molecular formula is C19H23NO3S. The van der Waals surface area contributed by atoms with E-state index in [-0.39, 0.29) is 5.75 Å². The van der Waals surface area contributed by atoms with Gasteiger partial charge in [0.1, 0.15) is 5.25 Å². The molecule has 0 aliphatic carbocycles. The summed E-state index contributed by atoms with van der Waals surface area (Å²) in [5, 5.41) is 1.65. The smallest absolute Gasteiger partial charge is 0.238 e.